The minimum absolute atomic E-state index is 0.0909. The van der Waals surface area contributed by atoms with E-state index < -0.39 is 4.92 Å². The van der Waals surface area contributed by atoms with Crippen LogP contribution in [-0.4, -0.2) is 24.9 Å². The van der Waals surface area contributed by atoms with Crippen molar-refractivity contribution in [2.45, 2.75) is 17.5 Å². The van der Waals surface area contributed by atoms with Crippen LogP contribution in [0, 0.1) is 10.1 Å². The average Bonchev–Trinajstić information content (AvgIpc) is 3.50. The Morgan fingerprint density at radius 2 is 1.79 bits per heavy atom. The van der Waals surface area contributed by atoms with Crippen LogP contribution in [0.3, 0.4) is 0 Å². The molecule has 5 aromatic rings. The molecular formula is C22H15N5O4S2. The molecule has 0 spiro atoms. The Kier molecular flexibility index (Phi) is 5.71. The molecule has 2 aromatic carbocycles. The highest BCUT2D eigenvalue weighted by Crippen LogP contribution is 2.30. The predicted octanol–water partition coefficient (Wildman–Crippen LogP) is 4.76. The summed E-state index contributed by atoms with van der Waals surface area (Å²) in [5, 5.41) is 26.9. The van der Waals surface area contributed by atoms with E-state index in [1.54, 1.807) is 23.6 Å². The minimum atomic E-state index is -0.412. The lowest BCUT2D eigenvalue weighted by Crippen LogP contribution is -2.24. The van der Waals surface area contributed by atoms with Crippen LogP contribution in [0.25, 0.3) is 22.4 Å². The van der Waals surface area contributed by atoms with Crippen LogP contribution in [-0.2, 0) is 12.3 Å². The van der Waals surface area contributed by atoms with E-state index in [2.05, 4.69) is 15.3 Å². The number of hydrogen-bond donors (Lipinski definition) is 0. The van der Waals surface area contributed by atoms with Crippen molar-refractivity contribution in [3.8, 4) is 11.6 Å². The number of hydrogen-bond acceptors (Lipinski definition) is 9. The molecule has 5 rings (SSSR count). The summed E-state index contributed by atoms with van der Waals surface area (Å²) in [4.78, 5) is 23.5. The molecule has 0 aliphatic rings. The summed E-state index contributed by atoms with van der Waals surface area (Å²) in [6.45, 7) is 0.310. The van der Waals surface area contributed by atoms with Crippen LogP contribution in [0.1, 0.15) is 11.1 Å². The van der Waals surface area contributed by atoms with Gasteiger partial charge in [-0.3, -0.25) is 14.9 Å². The summed E-state index contributed by atoms with van der Waals surface area (Å²) in [6, 6.07) is 18.3. The maximum Gasteiger partial charge on any atom is 0.324 e. The number of nitrogens with zero attached hydrogens (tertiary/aromatic N) is 5. The highest BCUT2D eigenvalue weighted by atomic mass is 32.2. The number of thiophene rings is 1. The number of rotatable bonds is 7. The van der Waals surface area contributed by atoms with E-state index in [9.17, 15) is 14.9 Å². The van der Waals surface area contributed by atoms with Crippen LogP contribution in [0.5, 0.6) is 0 Å². The number of fused-ring (bicyclic) bond motifs is 1. The normalized spacial score (nSPS) is 11.2. The van der Waals surface area contributed by atoms with Crippen LogP contribution in [0.15, 0.2) is 80.5 Å². The fourth-order valence-electron chi connectivity index (χ4n) is 3.30. The van der Waals surface area contributed by atoms with Crippen molar-refractivity contribution in [1.29, 1.82) is 0 Å². The van der Waals surface area contributed by atoms with Gasteiger partial charge in [0, 0.05) is 22.6 Å². The second-order valence-corrected chi connectivity index (χ2v) is 8.87. The monoisotopic (exact) mass is 477 g/mol. The van der Waals surface area contributed by atoms with E-state index in [1.165, 1.54) is 22.5 Å². The zero-order valence-corrected chi connectivity index (χ0v) is 18.6. The van der Waals surface area contributed by atoms with Crippen molar-refractivity contribution in [2.24, 2.45) is 0 Å². The smallest absolute Gasteiger partial charge is 0.324 e. The number of nitro groups is 1. The van der Waals surface area contributed by atoms with Gasteiger partial charge in [-0.2, -0.15) is 5.10 Å². The van der Waals surface area contributed by atoms with Crippen molar-refractivity contribution in [1.82, 2.24) is 20.0 Å². The van der Waals surface area contributed by atoms with Gasteiger partial charge in [0.2, 0.25) is 0 Å². The summed E-state index contributed by atoms with van der Waals surface area (Å²) < 4.78 is 7.23. The molecule has 0 aliphatic carbocycles. The second-order valence-electron chi connectivity index (χ2n) is 7.05. The lowest BCUT2D eigenvalue weighted by molar-refractivity contribution is -0.380. The Hall–Kier alpha value is -3.83. The number of thioether (sulfide) groups is 1. The number of benzene rings is 2. The first-order valence-electron chi connectivity index (χ1n) is 9.81. The van der Waals surface area contributed by atoms with Gasteiger partial charge in [-0.15, -0.1) is 10.2 Å². The van der Waals surface area contributed by atoms with Gasteiger partial charge in [0.15, 0.2) is 5.69 Å². The zero-order chi connectivity index (χ0) is 22.8. The summed E-state index contributed by atoms with van der Waals surface area (Å²) in [6.07, 6.45) is 0. The van der Waals surface area contributed by atoms with Crippen molar-refractivity contribution < 1.29 is 9.34 Å². The molecule has 164 valence electrons. The van der Waals surface area contributed by atoms with Gasteiger partial charge in [-0.25, -0.2) is 4.68 Å². The molecule has 11 heteroatoms. The molecule has 0 atom stereocenters. The molecule has 3 heterocycles. The average molecular weight is 478 g/mol. The Morgan fingerprint density at radius 3 is 2.55 bits per heavy atom. The molecule has 0 fully saturated rings. The second kappa shape index (κ2) is 8.96. The van der Waals surface area contributed by atoms with E-state index in [1.807, 2.05) is 36.4 Å². The summed E-state index contributed by atoms with van der Waals surface area (Å²) in [5.41, 5.74) is 1.97. The van der Waals surface area contributed by atoms with Crippen molar-refractivity contribution in [3.63, 3.8) is 0 Å². The highest BCUT2D eigenvalue weighted by molar-refractivity contribution is 7.98. The van der Waals surface area contributed by atoms with Crippen LogP contribution in [0.4, 0.5) is 5.00 Å². The Bertz CT molecular complexity index is 1510. The molecule has 0 saturated carbocycles. The lowest BCUT2D eigenvalue weighted by Gasteiger charge is -2.09. The fraction of sp³-hybridized carbons (Fsp3) is 0.0909. The highest BCUT2D eigenvalue weighted by Gasteiger charge is 2.18. The van der Waals surface area contributed by atoms with E-state index in [-0.39, 0.29) is 16.5 Å². The number of aromatic nitrogens is 4. The lowest BCUT2D eigenvalue weighted by atomic mass is 10.1. The Morgan fingerprint density at radius 1 is 1.03 bits per heavy atom. The van der Waals surface area contributed by atoms with Gasteiger partial charge in [-0.05, 0) is 17.2 Å². The van der Waals surface area contributed by atoms with E-state index in [4.69, 9.17) is 4.42 Å². The molecule has 0 bridgehead atoms. The fourth-order valence-corrected chi connectivity index (χ4v) is 4.83. The molecule has 0 radical (unpaired) electrons. The third-order valence-corrected chi connectivity index (χ3v) is 6.65. The van der Waals surface area contributed by atoms with Gasteiger partial charge in [0.05, 0.1) is 16.9 Å². The molecule has 0 N–H and O–H groups in total. The maximum absolute atomic E-state index is 13.0. The molecule has 0 saturated heterocycles. The third kappa shape index (κ3) is 4.41. The van der Waals surface area contributed by atoms with Crippen molar-refractivity contribution in [3.05, 3.63) is 97.6 Å². The van der Waals surface area contributed by atoms with Crippen LogP contribution >= 0.6 is 23.1 Å². The minimum Gasteiger partial charge on any atom is -0.409 e. The van der Waals surface area contributed by atoms with E-state index >= 15 is 0 Å². The molecule has 0 aliphatic heterocycles. The van der Waals surface area contributed by atoms with Gasteiger partial charge in [0.1, 0.15) is 0 Å². The van der Waals surface area contributed by atoms with Crippen LogP contribution in [0.2, 0.25) is 0 Å². The van der Waals surface area contributed by atoms with E-state index in [0.29, 0.717) is 34.0 Å². The Balaban J connectivity index is 1.46. The third-order valence-electron chi connectivity index (χ3n) is 4.83. The molecular weight excluding hydrogens is 462 g/mol. The van der Waals surface area contributed by atoms with Crippen molar-refractivity contribution >= 4 is 38.9 Å². The topological polar surface area (TPSA) is 117 Å². The quantitative estimate of drug-likeness (QED) is 0.187. The Labute approximate surface area is 194 Å². The molecule has 33 heavy (non-hydrogen) atoms. The van der Waals surface area contributed by atoms with Gasteiger partial charge in [0.25, 0.3) is 16.7 Å². The first kappa shape index (κ1) is 21.0. The zero-order valence-electron chi connectivity index (χ0n) is 17.0. The first-order chi connectivity index (χ1) is 16.1. The summed E-state index contributed by atoms with van der Waals surface area (Å²) in [5.74, 6) is 0.653. The molecule has 3 aromatic heterocycles. The predicted molar refractivity (Wildman–Crippen MR) is 125 cm³/mol. The van der Waals surface area contributed by atoms with Gasteiger partial charge < -0.3 is 4.42 Å². The summed E-state index contributed by atoms with van der Waals surface area (Å²) >= 11 is 2.36. The van der Waals surface area contributed by atoms with E-state index in [0.717, 1.165) is 22.5 Å². The molecule has 0 amide bonds. The van der Waals surface area contributed by atoms with Crippen LogP contribution < -0.4 is 5.56 Å². The summed E-state index contributed by atoms with van der Waals surface area (Å²) in [7, 11) is 0. The van der Waals surface area contributed by atoms with Gasteiger partial charge >= 0.3 is 5.00 Å². The largest absolute Gasteiger partial charge is 0.409 e. The maximum atomic E-state index is 13.0. The van der Waals surface area contributed by atoms with Crippen molar-refractivity contribution in [2.75, 3.05) is 0 Å². The standard InChI is InChI=1S/C22H15N5O4S2/c28-21-17-9-5-4-8-16(17)19(25-26(21)11-14-6-2-1-3-7-14)20-23-24-22(31-20)33-13-15-10-18(27(29)30)32-12-15/h1-10,12H,11,13H2. The molecule has 0 unspecified atom stereocenters. The first-order valence-corrected chi connectivity index (χ1v) is 11.7. The van der Waals surface area contributed by atoms with Gasteiger partial charge in [-0.1, -0.05) is 71.6 Å². The SMILES string of the molecule is O=c1c2ccccc2c(-c2nnc(SCc3csc([N+](=O)[O-])c3)o2)nn1Cc1ccccc1. The molecule has 9 nitrogen and oxygen atoms in total.